The highest BCUT2D eigenvalue weighted by Gasteiger charge is 2.21. The Morgan fingerprint density at radius 1 is 0.939 bits per heavy atom. The van der Waals surface area contributed by atoms with Crippen molar-refractivity contribution < 1.29 is 4.74 Å². The fraction of sp³-hybridized carbons (Fsp3) is 0.357. The fourth-order valence-corrected chi connectivity index (χ4v) is 4.45. The first-order valence-electron chi connectivity index (χ1n) is 11.7. The molecule has 5 nitrogen and oxygen atoms in total. The van der Waals surface area contributed by atoms with Crippen LogP contribution in [0.3, 0.4) is 0 Å². The van der Waals surface area contributed by atoms with Crippen LogP contribution < -0.4 is 0 Å². The van der Waals surface area contributed by atoms with Gasteiger partial charge in [0.05, 0.1) is 30.3 Å². The Labute approximate surface area is 196 Å². The molecule has 5 rings (SSSR count). The summed E-state index contributed by atoms with van der Waals surface area (Å²) in [5.74, 6) is 0. The van der Waals surface area contributed by atoms with E-state index in [1.54, 1.807) is 0 Å². The minimum atomic E-state index is 0.00363. The molecular formula is C28H32N4O. The molecule has 1 aliphatic heterocycles. The Kier molecular flexibility index (Phi) is 5.77. The zero-order valence-corrected chi connectivity index (χ0v) is 20.0. The van der Waals surface area contributed by atoms with Gasteiger partial charge in [-0.15, -0.1) is 0 Å². The van der Waals surface area contributed by atoms with Gasteiger partial charge in [0, 0.05) is 49.4 Å². The molecule has 1 saturated heterocycles. The molecule has 5 heteroatoms. The van der Waals surface area contributed by atoms with E-state index in [-0.39, 0.29) is 5.41 Å². The second-order valence-electron chi connectivity index (χ2n) is 9.96. The monoisotopic (exact) mass is 440 g/mol. The average molecular weight is 441 g/mol. The zero-order chi connectivity index (χ0) is 23.0. The maximum absolute atomic E-state index is 5.46. The lowest BCUT2D eigenvalue weighted by molar-refractivity contribution is 0.0336. The van der Waals surface area contributed by atoms with Gasteiger partial charge < -0.3 is 4.74 Å². The lowest BCUT2D eigenvalue weighted by Crippen LogP contribution is -2.35. The number of pyridine rings is 1. The number of morpholine rings is 1. The number of rotatable bonds is 4. The highest BCUT2D eigenvalue weighted by Crippen LogP contribution is 2.35. The number of aryl methyl sites for hydroxylation is 1. The van der Waals surface area contributed by atoms with Crippen molar-refractivity contribution in [1.29, 1.82) is 0 Å². The summed E-state index contributed by atoms with van der Waals surface area (Å²) in [6.07, 6.45) is 2.01. The smallest absolute Gasteiger partial charge is 0.0688 e. The quantitative estimate of drug-likeness (QED) is 0.424. The molecule has 3 heterocycles. The van der Waals surface area contributed by atoms with Crippen molar-refractivity contribution in [2.45, 2.75) is 32.7 Å². The van der Waals surface area contributed by atoms with Crippen LogP contribution in [0.4, 0.5) is 0 Å². The minimum Gasteiger partial charge on any atom is -0.379 e. The summed E-state index contributed by atoms with van der Waals surface area (Å²) < 4.78 is 7.47. The SMILES string of the molecule is Cn1nc(C(C)(C)C)cc1-c1cc(-c2ccc(CN3CCOCC3)nc2)cc2ccccc12. The van der Waals surface area contributed by atoms with Crippen LogP contribution in [0.25, 0.3) is 33.2 Å². The largest absolute Gasteiger partial charge is 0.379 e. The van der Waals surface area contributed by atoms with Gasteiger partial charge in [-0.25, -0.2) is 0 Å². The maximum atomic E-state index is 5.46. The van der Waals surface area contributed by atoms with Gasteiger partial charge in [-0.2, -0.15) is 5.10 Å². The number of ether oxygens (including phenoxy) is 1. The van der Waals surface area contributed by atoms with Crippen LogP contribution in [0.2, 0.25) is 0 Å². The molecule has 0 atom stereocenters. The van der Waals surface area contributed by atoms with Crippen molar-refractivity contribution in [3.05, 3.63) is 72.2 Å². The predicted molar refractivity (Wildman–Crippen MR) is 134 cm³/mol. The summed E-state index contributed by atoms with van der Waals surface area (Å²) in [6.45, 7) is 11.0. The minimum absolute atomic E-state index is 0.00363. The van der Waals surface area contributed by atoms with Crippen molar-refractivity contribution in [3.8, 4) is 22.4 Å². The van der Waals surface area contributed by atoms with E-state index >= 15 is 0 Å². The Bertz CT molecular complexity index is 1260. The summed E-state index contributed by atoms with van der Waals surface area (Å²) >= 11 is 0. The topological polar surface area (TPSA) is 43.2 Å². The Morgan fingerprint density at radius 3 is 2.42 bits per heavy atom. The van der Waals surface area contributed by atoms with E-state index in [2.05, 4.69) is 80.3 Å². The highest BCUT2D eigenvalue weighted by molar-refractivity contribution is 5.99. The van der Waals surface area contributed by atoms with Crippen LogP contribution >= 0.6 is 0 Å². The molecule has 0 saturated carbocycles. The summed E-state index contributed by atoms with van der Waals surface area (Å²) in [7, 11) is 2.04. The molecule has 2 aromatic carbocycles. The molecule has 33 heavy (non-hydrogen) atoms. The molecule has 0 spiro atoms. The van der Waals surface area contributed by atoms with Crippen LogP contribution in [-0.4, -0.2) is 46.0 Å². The van der Waals surface area contributed by atoms with E-state index < -0.39 is 0 Å². The van der Waals surface area contributed by atoms with Crippen LogP contribution in [0.15, 0.2) is 60.8 Å². The molecule has 1 aliphatic rings. The highest BCUT2D eigenvalue weighted by atomic mass is 16.5. The molecule has 4 aromatic rings. The fourth-order valence-electron chi connectivity index (χ4n) is 4.45. The number of hydrogen-bond donors (Lipinski definition) is 0. The third-order valence-electron chi connectivity index (χ3n) is 6.43. The normalized spacial score (nSPS) is 15.3. The molecule has 1 fully saturated rings. The van der Waals surface area contributed by atoms with Crippen molar-refractivity contribution in [2.75, 3.05) is 26.3 Å². The molecule has 170 valence electrons. The van der Waals surface area contributed by atoms with E-state index in [9.17, 15) is 0 Å². The molecule has 0 unspecified atom stereocenters. The predicted octanol–water partition coefficient (Wildman–Crippen LogP) is 5.43. The van der Waals surface area contributed by atoms with Crippen LogP contribution in [0.5, 0.6) is 0 Å². The third kappa shape index (κ3) is 4.56. The van der Waals surface area contributed by atoms with E-state index in [1.807, 2.05) is 17.9 Å². The van der Waals surface area contributed by atoms with E-state index in [0.29, 0.717) is 0 Å². The number of fused-ring (bicyclic) bond motifs is 1. The molecule has 2 aromatic heterocycles. The first kappa shape index (κ1) is 21.8. The van der Waals surface area contributed by atoms with Crippen LogP contribution in [-0.2, 0) is 23.7 Å². The van der Waals surface area contributed by atoms with Crippen LogP contribution in [0, 0.1) is 0 Å². The molecule has 0 aliphatic carbocycles. The van der Waals surface area contributed by atoms with Gasteiger partial charge in [-0.05, 0) is 40.6 Å². The van der Waals surface area contributed by atoms with Crippen molar-refractivity contribution in [1.82, 2.24) is 19.7 Å². The van der Waals surface area contributed by atoms with Gasteiger partial charge in [0.2, 0.25) is 0 Å². The van der Waals surface area contributed by atoms with Gasteiger partial charge in [0.25, 0.3) is 0 Å². The molecule has 0 bridgehead atoms. The van der Waals surface area contributed by atoms with Gasteiger partial charge in [-0.1, -0.05) is 51.1 Å². The summed E-state index contributed by atoms with van der Waals surface area (Å²) in [5.41, 5.74) is 6.84. The van der Waals surface area contributed by atoms with Crippen molar-refractivity contribution >= 4 is 10.8 Å². The number of benzene rings is 2. The van der Waals surface area contributed by atoms with E-state index in [1.165, 1.54) is 21.9 Å². The van der Waals surface area contributed by atoms with Crippen molar-refractivity contribution in [2.24, 2.45) is 7.05 Å². The summed E-state index contributed by atoms with van der Waals surface area (Å²) in [5, 5.41) is 7.29. The van der Waals surface area contributed by atoms with Gasteiger partial charge in [0.1, 0.15) is 0 Å². The Hall–Kier alpha value is -3.02. The summed E-state index contributed by atoms with van der Waals surface area (Å²) in [4.78, 5) is 7.18. The van der Waals surface area contributed by atoms with Gasteiger partial charge >= 0.3 is 0 Å². The van der Waals surface area contributed by atoms with E-state index in [0.717, 1.165) is 55.5 Å². The molecule has 0 N–H and O–H groups in total. The van der Waals surface area contributed by atoms with Gasteiger partial charge in [0.15, 0.2) is 0 Å². The van der Waals surface area contributed by atoms with Crippen LogP contribution in [0.1, 0.15) is 32.2 Å². The first-order chi connectivity index (χ1) is 15.9. The summed E-state index contributed by atoms with van der Waals surface area (Å²) in [6, 6.07) is 19.7. The number of aromatic nitrogens is 3. The lowest BCUT2D eigenvalue weighted by atomic mass is 9.91. The molecular weight excluding hydrogens is 408 g/mol. The molecule has 0 amide bonds. The Balaban J connectivity index is 1.53. The van der Waals surface area contributed by atoms with E-state index in [4.69, 9.17) is 14.8 Å². The second-order valence-corrected chi connectivity index (χ2v) is 9.96. The molecule has 0 radical (unpaired) electrons. The maximum Gasteiger partial charge on any atom is 0.0688 e. The average Bonchev–Trinajstić information content (AvgIpc) is 3.21. The van der Waals surface area contributed by atoms with Gasteiger partial charge in [-0.3, -0.25) is 14.6 Å². The lowest BCUT2D eigenvalue weighted by Gasteiger charge is -2.26. The van der Waals surface area contributed by atoms with Crippen molar-refractivity contribution in [3.63, 3.8) is 0 Å². The zero-order valence-electron chi connectivity index (χ0n) is 20.0. The standard InChI is InChI=1S/C28H32N4O/c1-28(2,3)27-17-26(31(4)30-27)25-16-22(15-20-7-5-6-8-24(20)25)21-9-10-23(29-18-21)19-32-11-13-33-14-12-32/h5-10,15-18H,11-14,19H2,1-4H3. The number of hydrogen-bond acceptors (Lipinski definition) is 4. The third-order valence-corrected chi connectivity index (χ3v) is 6.43. The Morgan fingerprint density at radius 2 is 1.73 bits per heavy atom. The second kappa shape index (κ2) is 8.73. The first-order valence-corrected chi connectivity index (χ1v) is 11.7. The number of nitrogens with zero attached hydrogens (tertiary/aromatic N) is 4.